The van der Waals surface area contributed by atoms with Gasteiger partial charge in [0.05, 0.1) is 19.5 Å². The van der Waals surface area contributed by atoms with E-state index in [0.717, 1.165) is 45.1 Å². The van der Waals surface area contributed by atoms with Crippen molar-refractivity contribution in [2.45, 2.75) is 13.1 Å². The van der Waals surface area contributed by atoms with Crippen LogP contribution in [0.25, 0.3) is 0 Å². The Morgan fingerprint density at radius 1 is 1.15 bits per heavy atom. The van der Waals surface area contributed by atoms with Crippen molar-refractivity contribution in [3.05, 3.63) is 48.0 Å². The molecule has 2 N–H and O–H groups in total. The number of aromatic amines is 1. The number of H-pyrrole nitrogens is 1. The zero-order valence-electron chi connectivity index (χ0n) is 11.5. The van der Waals surface area contributed by atoms with Gasteiger partial charge in [-0.3, -0.25) is 0 Å². The average Bonchev–Trinajstić information content (AvgIpc) is 3.02. The number of nitrogens with zero attached hydrogens (tertiary/aromatic N) is 2. The molecule has 106 valence electrons. The number of morpholine rings is 1. The molecule has 0 unspecified atom stereocenters. The van der Waals surface area contributed by atoms with Gasteiger partial charge in [0.15, 0.2) is 0 Å². The molecule has 1 aliphatic rings. The Labute approximate surface area is 119 Å². The summed E-state index contributed by atoms with van der Waals surface area (Å²) >= 11 is 0. The molecule has 0 amide bonds. The van der Waals surface area contributed by atoms with Crippen molar-refractivity contribution in [3.63, 3.8) is 0 Å². The minimum atomic E-state index is 0.811. The second kappa shape index (κ2) is 6.54. The van der Waals surface area contributed by atoms with E-state index >= 15 is 0 Å². The molecule has 0 atom stereocenters. The minimum Gasteiger partial charge on any atom is -0.378 e. The van der Waals surface area contributed by atoms with Crippen molar-refractivity contribution in [1.82, 2.24) is 15.3 Å². The van der Waals surface area contributed by atoms with Gasteiger partial charge in [0.2, 0.25) is 0 Å². The molecule has 1 aromatic carbocycles. The lowest BCUT2D eigenvalue weighted by atomic mass is 10.2. The maximum absolute atomic E-state index is 5.37. The fraction of sp³-hybridized carbons (Fsp3) is 0.400. The second-order valence-corrected chi connectivity index (χ2v) is 4.95. The number of benzene rings is 1. The van der Waals surface area contributed by atoms with Gasteiger partial charge in [0, 0.05) is 43.8 Å². The van der Waals surface area contributed by atoms with Crippen molar-refractivity contribution in [1.29, 1.82) is 0 Å². The van der Waals surface area contributed by atoms with E-state index in [-0.39, 0.29) is 0 Å². The molecule has 0 saturated carbocycles. The van der Waals surface area contributed by atoms with Crippen LogP contribution in [-0.2, 0) is 17.8 Å². The molecule has 0 spiro atoms. The van der Waals surface area contributed by atoms with Crippen molar-refractivity contribution < 1.29 is 4.74 Å². The van der Waals surface area contributed by atoms with Gasteiger partial charge in [-0.2, -0.15) is 0 Å². The van der Waals surface area contributed by atoms with Crippen LogP contribution in [0.3, 0.4) is 0 Å². The fourth-order valence-electron chi connectivity index (χ4n) is 2.37. The summed E-state index contributed by atoms with van der Waals surface area (Å²) in [7, 11) is 0. The van der Waals surface area contributed by atoms with E-state index < -0.39 is 0 Å². The number of hydrogen-bond acceptors (Lipinski definition) is 4. The third-order valence-corrected chi connectivity index (χ3v) is 3.51. The molecule has 3 rings (SSSR count). The highest BCUT2D eigenvalue weighted by Gasteiger charge is 2.10. The van der Waals surface area contributed by atoms with E-state index in [9.17, 15) is 0 Å². The number of rotatable bonds is 5. The van der Waals surface area contributed by atoms with Gasteiger partial charge in [-0.25, -0.2) is 4.98 Å². The Hall–Kier alpha value is -1.85. The van der Waals surface area contributed by atoms with Gasteiger partial charge in [-0.05, 0) is 17.7 Å². The minimum absolute atomic E-state index is 0.811. The first-order valence-corrected chi connectivity index (χ1v) is 7.01. The topological polar surface area (TPSA) is 53.2 Å². The van der Waals surface area contributed by atoms with E-state index in [0.29, 0.717) is 0 Å². The number of nitrogens with one attached hydrogen (secondary N) is 2. The van der Waals surface area contributed by atoms with E-state index in [1.807, 2.05) is 6.20 Å². The molecule has 5 nitrogen and oxygen atoms in total. The third-order valence-electron chi connectivity index (χ3n) is 3.51. The highest BCUT2D eigenvalue weighted by molar-refractivity contribution is 5.47. The highest BCUT2D eigenvalue weighted by Crippen LogP contribution is 2.16. The summed E-state index contributed by atoms with van der Waals surface area (Å²) < 4.78 is 5.37. The lowest BCUT2D eigenvalue weighted by molar-refractivity contribution is 0.122. The summed E-state index contributed by atoms with van der Waals surface area (Å²) in [4.78, 5) is 9.45. The van der Waals surface area contributed by atoms with Crippen LogP contribution in [0.1, 0.15) is 11.3 Å². The van der Waals surface area contributed by atoms with E-state index in [2.05, 4.69) is 44.5 Å². The van der Waals surface area contributed by atoms with Crippen LogP contribution in [0.2, 0.25) is 0 Å². The van der Waals surface area contributed by atoms with Crippen molar-refractivity contribution in [3.8, 4) is 0 Å². The Bertz CT molecular complexity index is 503. The van der Waals surface area contributed by atoms with Crippen LogP contribution in [0, 0.1) is 0 Å². The first kappa shape index (κ1) is 13.1. The maximum Gasteiger partial charge on any atom is 0.0922 e. The van der Waals surface area contributed by atoms with Crippen LogP contribution < -0.4 is 10.2 Å². The quantitative estimate of drug-likeness (QED) is 0.867. The summed E-state index contributed by atoms with van der Waals surface area (Å²) in [6, 6.07) is 8.76. The molecule has 1 aliphatic heterocycles. The molecule has 0 radical (unpaired) electrons. The van der Waals surface area contributed by atoms with Gasteiger partial charge in [-0.1, -0.05) is 12.1 Å². The van der Waals surface area contributed by atoms with Crippen molar-refractivity contribution >= 4 is 5.69 Å². The predicted molar refractivity (Wildman–Crippen MR) is 78.6 cm³/mol. The largest absolute Gasteiger partial charge is 0.378 e. The lowest BCUT2D eigenvalue weighted by Gasteiger charge is -2.28. The van der Waals surface area contributed by atoms with Crippen LogP contribution in [0.5, 0.6) is 0 Å². The van der Waals surface area contributed by atoms with Gasteiger partial charge >= 0.3 is 0 Å². The molecule has 0 aliphatic carbocycles. The molecule has 1 saturated heterocycles. The Balaban J connectivity index is 1.50. The number of anilines is 1. The first-order valence-electron chi connectivity index (χ1n) is 7.01. The van der Waals surface area contributed by atoms with Crippen molar-refractivity contribution in [2.24, 2.45) is 0 Å². The first-order chi connectivity index (χ1) is 9.92. The monoisotopic (exact) mass is 272 g/mol. The molecule has 2 aromatic rings. The van der Waals surface area contributed by atoms with Crippen LogP contribution in [-0.4, -0.2) is 36.3 Å². The zero-order valence-corrected chi connectivity index (χ0v) is 11.5. The smallest absolute Gasteiger partial charge is 0.0922 e. The summed E-state index contributed by atoms with van der Waals surface area (Å²) in [5.41, 5.74) is 3.68. The molecule has 20 heavy (non-hydrogen) atoms. The molecule has 0 bridgehead atoms. The van der Waals surface area contributed by atoms with Gasteiger partial charge in [0.1, 0.15) is 0 Å². The van der Waals surface area contributed by atoms with Gasteiger partial charge in [0.25, 0.3) is 0 Å². The summed E-state index contributed by atoms with van der Waals surface area (Å²) in [5.74, 6) is 0. The molecular weight excluding hydrogens is 252 g/mol. The Morgan fingerprint density at radius 3 is 2.65 bits per heavy atom. The highest BCUT2D eigenvalue weighted by atomic mass is 16.5. The predicted octanol–water partition coefficient (Wildman–Crippen LogP) is 1.54. The summed E-state index contributed by atoms with van der Waals surface area (Å²) in [6.07, 6.45) is 3.54. The van der Waals surface area contributed by atoms with E-state index in [1.165, 1.54) is 11.3 Å². The fourth-order valence-corrected chi connectivity index (χ4v) is 2.37. The summed E-state index contributed by atoms with van der Waals surface area (Å²) in [5, 5.41) is 3.40. The number of hydrogen-bond donors (Lipinski definition) is 2. The second-order valence-electron chi connectivity index (χ2n) is 4.95. The van der Waals surface area contributed by atoms with Gasteiger partial charge < -0.3 is 19.9 Å². The summed E-state index contributed by atoms with van der Waals surface area (Å²) in [6.45, 7) is 5.30. The van der Waals surface area contributed by atoms with Gasteiger partial charge in [-0.15, -0.1) is 0 Å². The standard InChI is InChI=1S/C15H20N4O/c1-3-15(19-5-7-20-8-6-19)4-2-13(1)9-16-10-14-11-17-12-18-14/h1-4,11-12,16H,5-10H2,(H,17,18). The maximum atomic E-state index is 5.37. The molecule has 1 aromatic heterocycles. The number of ether oxygens (including phenoxy) is 1. The molecule has 2 heterocycles. The van der Waals surface area contributed by atoms with Crippen molar-refractivity contribution in [2.75, 3.05) is 31.2 Å². The zero-order chi connectivity index (χ0) is 13.6. The Morgan fingerprint density at radius 2 is 1.95 bits per heavy atom. The number of aromatic nitrogens is 2. The molecular formula is C15H20N4O. The van der Waals surface area contributed by atoms with E-state index in [4.69, 9.17) is 4.74 Å². The van der Waals surface area contributed by atoms with E-state index in [1.54, 1.807) is 6.33 Å². The molecule has 1 fully saturated rings. The lowest BCUT2D eigenvalue weighted by Crippen LogP contribution is -2.36. The Kier molecular flexibility index (Phi) is 4.30. The normalized spacial score (nSPS) is 15.5. The SMILES string of the molecule is c1ncc(CNCc2ccc(N3CCOCC3)cc2)[nH]1. The number of imidazole rings is 1. The average molecular weight is 272 g/mol. The van der Waals surface area contributed by atoms with Crippen LogP contribution >= 0.6 is 0 Å². The van der Waals surface area contributed by atoms with Crippen LogP contribution in [0.15, 0.2) is 36.8 Å². The third kappa shape index (κ3) is 3.37. The van der Waals surface area contributed by atoms with Crippen LogP contribution in [0.4, 0.5) is 5.69 Å². The molecule has 5 heteroatoms.